The van der Waals surface area contributed by atoms with E-state index in [1.54, 1.807) is 0 Å². The van der Waals surface area contributed by atoms with Crippen LogP contribution in [0, 0.1) is 0 Å². The van der Waals surface area contributed by atoms with E-state index in [0.717, 1.165) is 12.2 Å². The molecule has 0 aromatic heterocycles. The second-order valence-corrected chi connectivity index (χ2v) is 4.67. The Hall–Kier alpha value is -0.890. The first kappa shape index (κ1) is 9.66. The molecule has 1 aliphatic rings. The minimum atomic E-state index is 0.939. The van der Waals surface area contributed by atoms with Crippen LogP contribution in [0.3, 0.4) is 0 Å². The van der Waals surface area contributed by atoms with Crippen molar-refractivity contribution in [3.05, 3.63) is 35.9 Å². The highest BCUT2D eigenvalue weighted by atomic mass is 32.2. The Bertz CT molecular complexity index is 357. The lowest BCUT2D eigenvalue weighted by Crippen LogP contribution is -1.98. The average molecular weight is 205 g/mol. The van der Waals surface area contributed by atoms with Crippen LogP contribution >= 0.6 is 11.8 Å². The van der Waals surface area contributed by atoms with Crippen molar-refractivity contribution in [2.75, 3.05) is 5.75 Å². The Labute approximate surface area is 89.6 Å². The summed E-state index contributed by atoms with van der Waals surface area (Å²) in [5.74, 6) is 1.20. The third kappa shape index (κ3) is 1.80. The third-order valence-electron chi connectivity index (χ3n) is 2.37. The van der Waals surface area contributed by atoms with Crippen molar-refractivity contribution >= 4 is 17.5 Å². The van der Waals surface area contributed by atoms with E-state index < -0.39 is 0 Å². The first-order valence-corrected chi connectivity index (χ1v) is 5.98. The number of hydrogen-bond donors (Lipinski definition) is 1. The van der Waals surface area contributed by atoms with Gasteiger partial charge in [0.15, 0.2) is 0 Å². The molecular weight excluding hydrogens is 190 g/mol. The van der Waals surface area contributed by atoms with Crippen LogP contribution in [0.2, 0.25) is 0 Å². The molecule has 0 radical (unpaired) electrons. The minimum Gasteiger partial charge on any atom is -0.381 e. The maximum absolute atomic E-state index is 3.97. The highest BCUT2D eigenvalue weighted by Crippen LogP contribution is 2.28. The number of hydrogen-bond acceptors (Lipinski definition) is 2. The fourth-order valence-electron chi connectivity index (χ4n) is 1.62. The van der Waals surface area contributed by atoms with Gasteiger partial charge in [0.1, 0.15) is 0 Å². The first-order chi connectivity index (χ1) is 6.81. The summed E-state index contributed by atoms with van der Waals surface area (Å²) in [4.78, 5) is 1.38. The molecule has 1 aliphatic heterocycles. The predicted molar refractivity (Wildman–Crippen MR) is 63.3 cm³/mol. The predicted octanol–water partition coefficient (Wildman–Crippen LogP) is 3.26. The van der Waals surface area contributed by atoms with Gasteiger partial charge in [0.2, 0.25) is 0 Å². The molecule has 0 saturated carbocycles. The summed E-state index contributed by atoms with van der Waals surface area (Å²) >= 11 is 1.93. The number of fused-ring (bicyclic) bond motifs is 1. The monoisotopic (exact) mass is 205 g/mol. The Morgan fingerprint density at radius 1 is 1.50 bits per heavy atom. The lowest BCUT2D eigenvalue weighted by atomic mass is 10.1. The summed E-state index contributed by atoms with van der Waals surface area (Å²) in [5.41, 5.74) is 3.73. The van der Waals surface area contributed by atoms with Crippen LogP contribution in [0.5, 0.6) is 0 Å². The molecule has 74 valence electrons. The molecule has 0 saturated heterocycles. The molecule has 0 atom stereocenters. The van der Waals surface area contributed by atoms with Crippen LogP contribution in [0.25, 0.3) is 5.70 Å². The molecule has 1 nitrogen and oxygen atoms in total. The van der Waals surface area contributed by atoms with Gasteiger partial charge in [0.25, 0.3) is 0 Å². The Balaban J connectivity index is 2.19. The van der Waals surface area contributed by atoms with Crippen LogP contribution in [-0.2, 0) is 6.54 Å². The summed E-state index contributed by atoms with van der Waals surface area (Å²) in [6, 6.07) is 6.65. The van der Waals surface area contributed by atoms with E-state index >= 15 is 0 Å². The van der Waals surface area contributed by atoms with Gasteiger partial charge in [-0.15, -0.1) is 11.8 Å². The highest BCUT2D eigenvalue weighted by molar-refractivity contribution is 7.99. The lowest BCUT2D eigenvalue weighted by molar-refractivity contribution is 0.943. The molecule has 1 heterocycles. The van der Waals surface area contributed by atoms with Crippen molar-refractivity contribution in [1.82, 2.24) is 5.32 Å². The van der Waals surface area contributed by atoms with Crippen molar-refractivity contribution in [3.63, 3.8) is 0 Å². The number of thioether (sulfide) groups is 1. The molecule has 0 aliphatic carbocycles. The molecule has 0 unspecified atom stereocenters. The standard InChI is InChI=1S/C12H15NS/c1-3-6-14-11-4-5-12-9(2)13-8-10(12)7-11/h4-5,7,13H,2-3,6,8H2,1H3. The zero-order valence-electron chi connectivity index (χ0n) is 8.47. The quantitative estimate of drug-likeness (QED) is 0.760. The van der Waals surface area contributed by atoms with E-state index in [-0.39, 0.29) is 0 Å². The van der Waals surface area contributed by atoms with Crippen LogP contribution < -0.4 is 5.32 Å². The zero-order valence-corrected chi connectivity index (χ0v) is 9.29. The molecule has 0 spiro atoms. The minimum absolute atomic E-state index is 0.939. The van der Waals surface area contributed by atoms with Crippen LogP contribution in [0.1, 0.15) is 24.5 Å². The molecule has 2 rings (SSSR count). The van der Waals surface area contributed by atoms with Gasteiger partial charge in [-0.25, -0.2) is 0 Å². The summed E-state index contributed by atoms with van der Waals surface area (Å²) < 4.78 is 0. The van der Waals surface area contributed by atoms with Crippen molar-refractivity contribution < 1.29 is 0 Å². The second kappa shape index (κ2) is 4.09. The van der Waals surface area contributed by atoms with Gasteiger partial charge < -0.3 is 5.32 Å². The van der Waals surface area contributed by atoms with E-state index in [2.05, 4.69) is 37.0 Å². The molecule has 1 aromatic carbocycles. The van der Waals surface area contributed by atoms with E-state index in [0.29, 0.717) is 0 Å². The van der Waals surface area contributed by atoms with E-state index in [4.69, 9.17) is 0 Å². The largest absolute Gasteiger partial charge is 0.381 e. The van der Waals surface area contributed by atoms with Crippen LogP contribution in [0.4, 0.5) is 0 Å². The van der Waals surface area contributed by atoms with Crippen molar-refractivity contribution in [2.45, 2.75) is 24.8 Å². The normalized spacial score (nSPS) is 13.9. The number of nitrogens with one attached hydrogen (secondary N) is 1. The van der Waals surface area contributed by atoms with Gasteiger partial charge in [0.05, 0.1) is 0 Å². The summed E-state index contributed by atoms with van der Waals surface area (Å²) in [7, 11) is 0. The van der Waals surface area contributed by atoms with Crippen molar-refractivity contribution in [2.24, 2.45) is 0 Å². The third-order valence-corrected chi connectivity index (χ3v) is 3.57. The maximum Gasteiger partial charge on any atom is 0.0407 e. The molecule has 0 fully saturated rings. The second-order valence-electron chi connectivity index (χ2n) is 3.50. The van der Waals surface area contributed by atoms with Crippen LogP contribution in [-0.4, -0.2) is 5.75 Å². The fraction of sp³-hybridized carbons (Fsp3) is 0.333. The lowest BCUT2D eigenvalue weighted by Gasteiger charge is -2.02. The SMILES string of the molecule is C=C1NCc2cc(SCCC)ccc21. The molecule has 1 N–H and O–H groups in total. The van der Waals surface area contributed by atoms with Crippen LogP contribution in [0.15, 0.2) is 29.7 Å². The van der Waals surface area contributed by atoms with E-state index in [1.165, 1.54) is 28.2 Å². The molecule has 1 aromatic rings. The average Bonchev–Trinajstić information content (AvgIpc) is 2.57. The summed E-state index contributed by atoms with van der Waals surface area (Å²) in [5, 5.41) is 3.26. The Kier molecular flexibility index (Phi) is 2.82. The van der Waals surface area contributed by atoms with Crippen molar-refractivity contribution in [1.29, 1.82) is 0 Å². The van der Waals surface area contributed by atoms with E-state index in [1.807, 2.05) is 11.8 Å². The smallest absolute Gasteiger partial charge is 0.0407 e. The highest BCUT2D eigenvalue weighted by Gasteiger charge is 2.13. The van der Waals surface area contributed by atoms with Gasteiger partial charge in [-0.05, 0) is 29.9 Å². The number of rotatable bonds is 3. The van der Waals surface area contributed by atoms with Gasteiger partial charge >= 0.3 is 0 Å². The molecule has 0 bridgehead atoms. The number of benzene rings is 1. The zero-order chi connectivity index (χ0) is 9.97. The van der Waals surface area contributed by atoms with E-state index in [9.17, 15) is 0 Å². The Morgan fingerprint density at radius 2 is 2.36 bits per heavy atom. The topological polar surface area (TPSA) is 12.0 Å². The molecular formula is C12H15NS. The summed E-state index contributed by atoms with van der Waals surface area (Å²) in [6.07, 6.45) is 1.23. The molecule has 2 heteroatoms. The van der Waals surface area contributed by atoms with Gasteiger partial charge in [0, 0.05) is 22.7 Å². The maximum atomic E-state index is 3.97. The summed E-state index contributed by atoms with van der Waals surface area (Å²) in [6.45, 7) is 7.12. The molecule has 14 heavy (non-hydrogen) atoms. The van der Waals surface area contributed by atoms with Gasteiger partial charge in [-0.1, -0.05) is 19.6 Å². The van der Waals surface area contributed by atoms with Crippen molar-refractivity contribution in [3.8, 4) is 0 Å². The van der Waals surface area contributed by atoms with Gasteiger partial charge in [-0.3, -0.25) is 0 Å². The molecule has 0 amide bonds. The first-order valence-electron chi connectivity index (χ1n) is 5.00. The Morgan fingerprint density at radius 3 is 3.14 bits per heavy atom. The van der Waals surface area contributed by atoms with Gasteiger partial charge in [-0.2, -0.15) is 0 Å². The fourth-order valence-corrected chi connectivity index (χ4v) is 2.45.